The van der Waals surface area contributed by atoms with Gasteiger partial charge in [0.2, 0.25) is 11.8 Å². The first kappa shape index (κ1) is 15.9. The lowest BCUT2D eigenvalue weighted by molar-refractivity contribution is -0.128. The number of hydrogen-bond donors (Lipinski definition) is 1. The predicted octanol–water partition coefficient (Wildman–Crippen LogP) is 1.60. The molecule has 6 nitrogen and oxygen atoms in total. The highest BCUT2D eigenvalue weighted by atomic mass is 35.5. The van der Waals surface area contributed by atoms with E-state index in [-0.39, 0.29) is 24.2 Å². The van der Waals surface area contributed by atoms with Crippen molar-refractivity contribution in [2.45, 2.75) is 19.4 Å². The lowest BCUT2D eigenvalue weighted by atomic mass is 10.1. The van der Waals surface area contributed by atoms with Crippen LogP contribution in [-0.2, 0) is 16.1 Å². The van der Waals surface area contributed by atoms with Gasteiger partial charge in [0.25, 0.3) is 0 Å². The maximum atomic E-state index is 12.2. The third kappa shape index (κ3) is 3.52. The van der Waals surface area contributed by atoms with Gasteiger partial charge in [-0.1, -0.05) is 11.6 Å². The zero-order valence-corrected chi connectivity index (χ0v) is 13.7. The van der Waals surface area contributed by atoms with Gasteiger partial charge in [-0.2, -0.15) is 0 Å². The van der Waals surface area contributed by atoms with E-state index < -0.39 is 0 Å². The molecule has 7 heteroatoms. The van der Waals surface area contributed by atoms with Crippen LogP contribution in [0.2, 0.25) is 5.02 Å². The summed E-state index contributed by atoms with van der Waals surface area (Å²) in [6, 6.07) is 3.60. The van der Waals surface area contributed by atoms with E-state index in [1.807, 2.05) is 6.07 Å². The Hall–Kier alpha value is -1.95. The fourth-order valence-electron chi connectivity index (χ4n) is 2.76. The Morgan fingerprint density at radius 2 is 2.17 bits per heavy atom. The molecule has 0 saturated carbocycles. The predicted molar refractivity (Wildman–Crippen MR) is 84.6 cm³/mol. The van der Waals surface area contributed by atoms with Crippen LogP contribution in [0.25, 0.3) is 0 Å². The molecule has 1 atom stereocenters. The Bertz CT molecular complexity index is 635. The molecule has 0 bridgehead atoms. The van der Waals surface area contributed by atoms with Crippen LogP contribution in [0.4, 0.5) is 0 Å². The quantitative estimate of drug-likeness (QED) is 0.909. The van der Waals surface area contributed by atoms with Gasteiger partial charge >= 0.3 is 0 Å². The topological polar surface area (TPSA) is 67.9 Å². The highest BCUT2D eigenvalue weighted by Gasteiger charge is 2.31. The van der Waals surface area contributed by atoms with Crippen LogP contribution in [0.15, 0.2) is 12.1 Å². The van der Waals surface area contributed by atoms with Gasteiger partial charge in [0.05, 0.1) is 24.2 Å². The van der Waals surface area contributed by atoms with Crippen LogP contribution >= 0.6 is 11.6 Å². The highest BCUT2D eigenvalue weighted by molar-refractivity contribution is 6.32. The number of rotatable bonds is 3. The zero-order valence-electron chi connectivity index (χ0n) is 12.9. The van der Waals surface area contributed by atoms with Gasteiger partial charge in [0.1, 0.15) is 0 Å². The van der Waals surface area contributed by atoms with E-state index in [0.717, 1.165) is 12.0 Å². The van der Waals surface area contributed by atoms with Crippen molar-refractivity contribution in [3.05, 3.63) is 22.7 Å². The Morgan fingerprint density at radius 1 is 1.39 bits per heavy atom. The van der Waals surface area contributed by atoms with E-state index in [2.05, 4.69) is 5.32 Å². The van der Waals surface area contributed by atoms with E-state index in [9.17, 15) is 9.59 Å². The number of halogens is 1. The summed E-state index contributed by atoms with van der Waals surface area (Å²) in [7, 11) is 1.71. The first-order chi connectivity index (χ1) is 11.0. The van der Waals surface area contributed by atoms with Gasteiger partial charge < -0.3 is 19.7 Å². The standard InChI is InChI=1S/C16H19ClN2O4/c1-19-9-11(7-14(19)20)16(21)18-8-10-5-12(17)15-13(6-10)22-3-2-4-23-15/h5-6,11H,2-4,7-9H2,1H3,(H,18,21)/t11-/m1/s1. The third-order valence-corrected chi connectivity index (χ3v) is 4.32. The van der Waals surface area contributed by atoms with Crippen molar-refractivity contribution in [2.24, 2.45) is 5.92 Å². The Labute approximate surface area is 139 Å². The lowest BCUT2D eigenvalue weighted by Gasteiger charge is -2.14. The van der Waals surface area contributed by atoms with Gasteiger partial charge in [0, 0.05) is 33.0 Å². The molecule has 0 unspecified atom stereocenters. The summed E-state index contributed by atoms with van der Waals surface area (Å²) in [5, 5.41) is 3.34. The van der Waals surface area contributed by atoms with E-state index in [0.29, 0.717) is 42.8 Å². The van der Waals surface area contributed by atoms with E-state index in [1.54, 1.807) is 18.0 Å². The monoisotopic (exact) mass is 338 g/mol. The second kappa shape index (κ2) is 6.66. The van der Waals surface area contributed by atoms with Crippen LogP contribution in [0.3, 0.4) is 0 Å². The maximum Gasteiger partial charge on any atom is 0.225 e. The highest BCUT2D eigenvalue weighted by Crippen LogP contribution is 2.37. The number of benzene rings is 1. The molecular formula is C16H19ClN2O4. The van der Waals surface area contributed by atoms with E-state index >= 15 is 0 Å². The van der Waals surface area contributed by atoms with E-state index in [4.69, 9.17) is 21.1 Å². The molecule has 0 radical (unpaired) electrons. The normalized spacial score (nSPS) is 20.3. The average molecular weight is 339 g/mol. The molecule has 2 aliphatic heterocycles. The second-order valence-electron chi connectivity index (χ2n) is 5.85. The van der Waals surface area contributed by atoms with Crippen molar-refractivity contribution in [1.29, 1.82) is 0 Å². The van der Waals surface area contributed by atoms with Gasteiger partial charge in [-0.05, 0) is 17.7 Å². The van der Waals surface area contributed by atoms with Crippen LogP contribution in [0.5, 0.6) is 11.5 Å². The molecule has 124 valence electrons. The molecule has 1 fully saturated rings. The Kier molecular flexibility index (Phi) is 4.61. The van der Waals surface area contributed by atoms with Crippen LogP contribution in [0.1, 0.15) is 18.4 Å². The minimum atomic E-state index is -0.289. The number of amides is 2. The molecule has 2 aliphatic rings. The number of nitrogens with zero attached hydrogens (tertiary/aromatic N) is 1. The number of hydrogen-bond acceptors (Lipinski definition) is 4. The van der Waals surface area contributed by atoms with Gasteiger partial charge in [-0.25, -0.2) is 0 Å². The molecule has 23 heavy (non-hydrogen) atoms. The van der Waals surface area contributed by atoms with Crippen molar-refractivity contribution in [1.82, 2.24) is 10.2 Å². The van der Waals surface area contributed by atoms with Crippen LogP contribution < -0.4 is 14.8 Å². The molecule has 1 N–H and O–H groups in total. The summed E-state index contributed by atoms with van der Waals surface area (Å²) in [6.07, 6.45) is 1.07. The molecule has 1 saturated heterocycles. The van der Waals surface area contributed by atoms with E-state index in [1.165, 1.54) is 0 Å². The van der Waals surface area contributed by atoms with Gasteiger partial charge in [-0.3, -0.25) is 9.59 Å². The summed E-state index contributed by atoms with van der Waals surface area (Å²) in [5.41, 5.74) is 0.838. The number of nitrogens with one attached hydrogen (secondary N) is 1. The van der Waals surface area contributed by atoms with Crippen molar-refractivity contribution >= 4 is 23.4 Å². The van der Waals surface area contributed by atoms with Crippen molar-refractivity contribution < 1.29 is 19.1 Å². The van der Waals surface area contributed by atoms with Crippen molar-refractivity contribution in [2.75, 3.05) is 26.8 Å². The SMILES string of the molecule is CN1C[C@H](C(=O)NCc2cc(Cl)c3c(c2)OCCCO3)CC1=O. The summed E-state index contributed by atoms with van der Waals surface area (Å²) in [4.78, 5) is 25.2. The summed E-state index contributed by atoms with van der Waals surface area (Å²) >= 11 is 6.23. The molecule has 3 rings (SSSR count). The molecule has 1 aromatic carbocycles. The Morgan fingerprint density at radius 3 is 2.91 bits per heavy atom. The second-order valence-corrected chi connectivity index (χ2v) is 6.26. The fraction of sp³-hybridized carbons (Fsp3) is 0.500. The third-order valence-electron chi connectivity index (χ3n) is 4.04. The molecule has 0 aliphatic carbocycles. The summed E-state index contributed by atoms with van der Waals surface area (Å²) in [6.45, 7) is 1.96. The lowest BCUT2D eigenvalue weighted by Crippen LogP contribution is -2.31. The van der Waals surface area contributed by atoms with Crippen molar-refractivity contribution in [3.63, 3.8) is 0 Å². The average Bonchev–Trinajstić information content (AvgIpc) is 2.74. The Balaban J connectivity index is 1.64. The molecule has 1 aromatic rings. The number of fused-ring (bicyclic) bond motifs is 1. The summed E-state index contributed by atoms with van der Waals surface area (Å²) in [5.74, 6) is 0.760. The van der Waals surface area contributed by atoms with Crippen molar-refractivity contribution in [3.8, 4) is 11.5 Å². The molecular weight excluding hydrogens is 320 g/mol. The maximum absolute atomic E-state index is 12.2. The van der Waals surface area contributed by atoms with Gasteiger partial charge in [-0.15, -0.1) is 0 Å². The minimum Gasteiger partial charge on any atom is -0.489 e. The largest absolute Gasteiger partial charge is 0.489 e. The van der Waals surface area contributed by atoms with Crippen LogP contribution in [-0.4, -0.2) is 43.5 Å². The van der Waals surface area contributed by atoms with Gasteiger partial charge in [0.15, 0.2) is 11.5 Å². The fourth-order valence-corrected chi connectivity index (χ4v) is 3.05. The zero-order chi connectivity index (χ0) is 16.4. The number of carbonyl (C=O) groups excluding carboxylic acids is 2. The first-order valence-electron chi connectivity index (χ1n) is 7.64. The molecule has 2 amide bonds. The molecule has 0 aromatic heterocycles. The number of carbonyl (C=O) groups is 2. The van der Waals surface area contributed by atoms with Crippen LogP contribution in [0, 0.1) is 5.92 Å². The molecule has 0 spiro atoms. The first-order valence-corrected chi connectivity index (χ1v) is 8.02. The minimum absolute atomic E-state index is 0.00349. The number of ether oxygens (including phenoxy) is 2. The smallest absolute Gasteiger partial charge is 0.225 e. The number of likely N-dealkylation sites (tertiary alicyclic amines) is 1. The molecule has 2 heterocycles. The summed E-state index contributed by atoms with van der Waals surface area (Å²) < 4.78 is 11.2.